The van der Waals surface area contributed by atoms with Gasteiger partial charge in [0, 0.05) is 5.69 Å². The quantitative estimate of drug-likeness (QED) is 0.716. The number of benzene rings is 1. The van der Waals surface area contributed by atoms with E-state index in [-0.39, 0.29) is 6.61 Å². The van der Waals surface area contributed by atoms with Crippen LogP contribution in [0.15, 0.2) is 28.7 Å². The lowest BCUT2D eigenvalue weighted by Crippen LogP contribution is -2.04. The molecule has 6 nitrogen and oxygen atoms in total. The molecule has 0 bridgehead atoms. The van der Waals surface area contributed by atoms with Crippen molar-refractivity contribution in [1.82, 2.24) is 15.5 Å². The first-order valence-corrected chi connectivity index (χ1v) is 5.25. The van der Waals surface area contributed by atoms with Crippen LogP contribution in [-0.4, -0.2) is 22.4 Å². The summed E-state index contributed by atoms with van der Waals surface area (Å²) in [5, 5.41) is 22.5. The van der Waals surface area contributed by atoms with Gasteiger partial charge in [0.25, 0.3) is 0 Å². The first kappa shape index (κ1) is 11.6. The van der Waals surface area contributed by atoms with Crippen LogP contribution >= 0.6 is 0 Å². The predicted octanol–water partition coefficient (Wildman–Crippen LogP) is 1.02. The monoisotopic (exact) mass is 234 g/mol. The maximum Gasteiger partial charge on any atom is 0.320 e. The van der Waals surface area contributed by atoms with Crippen molar-refractivity contribution in [2.24, 2.45) is 0 Å². The van der Waals surface area contributed by atoms with Crippen LogP contribution in [0.25, 0.3) is 0 Å². The van der Waals surface area contributed by atoms with E-state index >= 15 is 0 Å². The smallest absolute Gasteiger partial charge is 0.320 e. The molecule has 0 amide bonds. The summed E-state index contributed by atoms with van der Waals surface area (Å²) in [5.74, 6) is 0.530. The number of aliphatic hydroxyl groups is 1. The molecule has 2 aromatic rings. The molecule has 1 aromatic heterocycles. The second kappa shape index (κ2) is 5.42. The fourth-order valence-corrected chi connectivity index (χ4v) is 1.34. The first-order chi connectivity index (χ1) is 8.31. The van der Waals surface area contributed by atoms with E-state index in [2.05, 4.69) is 20.8 Å². The van der Waals surface area contributed by atoms with Crippen molar-refractivity contribution >= 4 is 11.7 Å². The summed E-state index contributed by atoms with van der Waals surface area (Å²) >= 11 is 0. The molecule has 0 atom stereocenters. The molecule has 0 aliphatic heterocycles. The minimum absolute atomic E-state index is 0.0349. The van der Waals surface area contributed by atoms with E-state index in [1.807, 2.05) is 31.3 Å². The highest BCUT2D eigenvalue weighted by atomic mass is 16.4. The average molecular weight is 234 g/mol. The number of aromatic nitrogens is 2. The molecule has 1 aromatic carbocycles. The topological polar surface area (TPSA) is 83.2 Å². The maximum atomic E-state index is 8.91. The number of aliphatic hydroxyl groups excluding tert-OH is 1. The average Bonchev–Trinajstić information content (AvgIpc) is 2.78. The molecule has 17 heavy (non-hydrogen) atoms. The second-order valence-electron chi connectivity index (χ2n) is 3.51. The molecular weight excluding hydrogens is 220 g/mol. The summed E-state index contributed by atoms with van der Waals surface area (Å²) in [6, 6.07) is 7.69. The SMILES string of the molecule is CNCc1nnc(Nc2ccc(CO)cc2)o1. The Labute approximate surface area is 98.7 Å². The van der Waals surface area contributed by atoms with Gasteiger partial charge in [-0.05, 0) is 24.7 Å². The van der Waals surface area contributed by atoms with Crippen LogP contribution in [0, 0.1) is 0 Å². The van der Waals surface area contributed by atoms with E-state index in [0.717, 1.165) is 11.3 Å². The van der Waals surface area contributed by atoms with Gasteiger partial charge in [-0.25, -0.2) is 0 Å². The summed E-state index contributed by atoms with van der Waals surface area (Å²) in [6.45, 7) is 0.575. The summed E-state index contributed by atoms with van der Waals surface area (Å²) in [4.78, 5) is 0. The third kappa shape index (κ3) is 3.02. The summed E-state index contributed by atoms with van der Waals surface area (Å²) in [5.41, 5.74) is 1.69. The van der Waals surface area contributed by atoms with Gasteiger partial charge in [-0.2, -0.15) is 0 Å². The highest BCUT2D eigenvalue weighted by Gasteiger charge is 2.04. The minimum Gasteiger partial charge on any atom is -0.406 e. The Morgan fingerprint density at radius 3 is 2.65 bits per heavy atom. The zero-order valence-electron chi connectivity index (χ0n) is 9.47. The molecule has 0 saturated heterocycles. The Bertz CT molecular complexity index is 467. The van der Waals surface area contributed by atoms with Crippen molar-refractivity contribution < 1.29 is 9.52 Å². The van der Waals surface area contributed by atoms with Gasteiger partial charge in [0.1, 0.15) is 0 Å². The van der Waals surface area contributed by atoms with Crippen LogP contribution < -0.4 is 10.6 Å². The van der Waals surface area contributed by atoms with Gasteiger partial charge >= 0.3 is 6.01 Å². The van der Waals surface area contributed by atoms with E-state index in [1.165, 1.54) is 0 Å². The zero-order chi connectivity index (χ0) is 12.1. The van der Waals surface area contributed by atoms with Gasteiger partial charge < -0.3 is 20.2 Å². The highest BCUT2D eigenvalue weighted by molar-refractivity contribution is 5.52. The lowest BCUT2D eigenvalue weighted by atomic mass is 10.2. The van der Waals surface area contributed by atoms with Gasteiger partial charge in [0.2, 0.25) is 5.89 Å². The van der Waals surface area contributed by atoms with Crippen molar-refractivity contribution in [2.45, 2.75) is 13.2 Å². The molecule has 90 valence electrons. The van der Waals surface area contributed by atoms with Crippen molar-refractivity contribution in [3.63, 3.8) is 0 Å². The fraction of sp³-hybridized carbons (Fsp3) is 0.273. The highest BCUT2D eigenvalue weighted by Crippen LogP contribution is 2.15. The Kier molecular flexibility index (Phi) is 3.69. The summed E-state index contributed by atoms with van der Waals surface area (Å²) < 4.78 is 5.34. The molecule has 0 spiro atoms. The van der Waals surface area contributed by atoms with Crippen molar-refractivity contribution in [1.29, 1.82) is 0 Å². The molecule has 1 heterocycles. The van der Waals surface area contributed by atoms with Crippen LogP contribution in [-0.2, 0) is 13.2 Å². The van der Waals surface area contributed by atoms with Crippen molar-refractivity contribution in [2.75, 3.05) is 12.4 Å². The normalized spacial score (nSPS) is 10.5. The molecule has 3 N–H and O–H groups in total. The third-order valence-corrected chi connectivity index (χ3v) is 2.18. The van der Waals surface area contributed by atoms with Crippen molar-refractivity contribution in [3.8, 4) is 0 Å². The molecule has 6 heteroatoms. The van der Waals surface area contributed by atoms with Crippen LogP contribution in [0.5, 0.6) is 0 Å². The lowest BCUT2D eigenvalue weighted by molar-refractivity contribution is 0.282. The Balaban J connectivity index is 2.03. The molecular formula is C11H14N4O2. The van der Waals surface area contributed by atoms with E-state index in [0.29, 0.717) is 18.5 Å². The number of hydrogen-bond donors (Lipinski definition) is 3. The lowest BCUT2D eigenvalue weighted by Gasteiger charge is -2.01. The largest absolute Gasteiger partial charge is 0.406 e. The summed E-state index contributed by atoms with van der Waals surface area (Å²) in [7, 11) is 1.81. The van der Waals surface area contributed by atoms with Gasteiger partial charge in [-0.15, -0.1) is 5.10 Å². The fourth-order valence-electron chi connectivity index (χ4n) is 1.34. The van der Waals surface area contributed by atoms with E-state index < -0.39 is 0 Å². The predicted molar refractivity (Wildman–Crippen MR) is 62.7 cm³/mol. The van der Waals surface area contributed by atoms with Gasteiger partial charge in [-0.1, -0.05) is 17.2 Å². The number of nitrogens with zero attached hydrogens (tertiary/aromatic N) is 2. The molecule has 0 aliphatic carbocycles. The van der Waals surface area contributed by atoms with Crippen molar-refractivity contribution in [3.05, 3.63) is 35.7 Å². The zero-order valence-corrected chi connectivity index (χ0v) is 9.47. The number of nitrogens with one attached hydrogen (secondary N) is 2. The molecule has 2 rings (SSSR count). The first-order valence-electron chi connectivity index (χ1n) is 5.25. The van der Waals surface area contributed by atoms with Crippen LogP contribution in [0.4, 0.5) is 11.7 Å². The second-order valence-corrected chi connectivity index (χ2v) is 3.51. The van der Waals surface area contributed by atoms with Gasteiger partial charge in [0.05, 0.1) is 13.2 Å². The maximum absolute atomic E-state index is 8.91. The van der Waals surface area contributed by atoms with Gasteiger partial charge in [-0.3, -0.25) is 0 Å². The van der Waals surface area contributed by atoms with E-state index in [9.17, 15) is 0 Å². The Morgan fingerprint density at radius 2 is 2.00 bits per heavy atom. The molecule has 0 fully saturated rings. The third-order valence-electron chi connectivity index (χ3n) is 2.18. The van der Waals surface area contributed by atoms with E-state index in [4.69, 9.17) is 9.52 Å². The van der Waals surface area contributed by atoms with Crippen LogP contribution in [0.1, 0.15) is 11.5 Å². The molecule has 0 unspecified atom stereocenters. The molecule has 0 saturated carbocycles. The standard InChI is InChI=1S/C11H14N4O2/c1-12-6-10-14-15-11(17-10)13-9-4-2-8(7-16)3-5-9/h2-5,12,16H,6-7H2,1H3,(H,13,15). The molecule has 0 radical (unpaired) electrons. The minimum atomic E-state index is 0.0349. The van der Waals surface area contributed by atoms with E-state index in [1.54, 1.807) is 0 Å². The number of hydrogen-bond acceptors (Lipinski definition) is 6. The Morgan fingerprint density at radius 1 is 1.24 bits per heavy atom. The molecule has 0 aliphatic rings. The summed E-state index contributed by atoms with van der Waals surface area (Å²) in [6.07, 6.45) is 0. The number of anilines is 2. The van der Waals surface area contributed by atoms with Crippen LogP contribution in [0.3, 0.4) is 0 Å². The number of rotatable bonds is 5. The Hall–Kier alpha value is -1.92. The van der Waals surface area contributed by atoms with Crippen LogP contribution in [0.2, 0.25) is 0 Å². The van der Waals surface area contributed by atoms with Gasteiger partial charge in [0.15, 0.2) is 0 Å².